The summed E-state index contributed by atoms with van der Waals surface area (Å²) in [7, 11) is 1.40. The molecule has 1 N–H and O–H groups in total. The Kier molecular flexibility index (Phi) is 6.60. The Balaban J connectivity index is 1.40. The Hall–Kier alpha value is -4.28. The van der Waals surface area contributed by atoms with Crippen LogP contribution in [0.15, 0.2) is 82.4 Å². The van der Waals surface area contributed by atoms with Crippen LogP contribution in [0.2, 0.25) is 5.02 Å². The van der Waals surface area contributed by atoms with Gasteiger partial charge in [-0.15, -0.1) is 0 Å². The molecule has 0 atom stereocenters. The fraction of sp³-hybridized carbons (Fsp3) is 0.0385. The third kappa shape index (κ3) is 4.89. The van der Waals surface area contributed by atoms with Crippen LogP contribution in [-0.2, 0) is 4.79 Å². The van der Waals surface area contributed by atoms with Crippen LogP contribution < -0.4 is 9.47 Å². The predicted molar refractivity (Wildman–Crippen MR) is 140 cm³/mol. The molecule has 3 aromatic rings. The minimum atomic E-state index is -0.686. The zero-order valence-electron chi connectivity index (χ0n) is 19.1. The number of nitrogens with zero attached hydrogens (tertiary/aromatic N) is 3. The zero-order chi connectivity index (χ0) is 26.1. The number of carbonyl (C=O) groups is 2. The first-order valence-corrected chi connectivity index (χ1v) is 11.9. The molecule has 1 amide bonds. The molecule has 0 radical (unpaired) electrons. The highest BCUT2D eigenvalue weighted by molar-refractivity contribution is 8.27. The summed E-state index contributed by atoms with van der Waals surface area (Å²) in [6.45, 7) is 0. The minimum absolute atomic E-state index is 0.0200. The van der Waals surface area contributed by atoms with Gasteiger partial charge in [-0.1, -0.05) is 35.9 Å². The summed E-state index contributed by atoms with van der Waals surface area (Å²) in [6.07, 6.45) is 1.48. The van der Waals surface area contributed by atoms with Gasteiger partial charge in [0.2, 0.25) is 5.17 Å². The maximum Gasteiger partial charge on any atom is 0.343 e. The lowest BCUT2D eigenvalue weighted by Crippen LogP contribution is -2.35. The summed E-state index contributed by atoms with van der Waals surface area (Å²) < 4.78 is 23.9. The smallest absolute Gasteiger partial charge is 0.343 e. The van der Waals surface area contributed by atoms with E-state index in [1.165, 1.54) is 36.4 Å². The fourth-order valence-corrected chi connectivity index (χ4v) is 4.72. The van der Waals surface area contributed by atoms with Crippen molar-refractivity contribution in [3.8, 4) is 11.5 Å². The van der Waals surface area contributed by atoms with Crippen molar-refractivity contribution in [2.45, 2.75) is 0 Å². The summed E-state index contributed by atoms with van der Waals surface area (Å²) in [6, 6.07) is 16.7. The molecule has 184 valence electrons. The summed E-state index contributed by atoms with van der Waals surface area (Å²) in [4.78, 5) is 29.3. The highest BCUT2D eigenvalue weighted by atomic mass is 35.5. The van der Waals surface area contributed by atoms with E-state index in [1.54, 1.807) is 30.3 Å². The van der Waals surface area contributed by atoms with E-state index >= 15 is 0 Å². The van der Waals surface area contributed by atoms with Crippen molar-refractivity contribution in [3.63, 3.8) is 0 Å². The maximum absolute atomic E-state index is 13.1. The van der Waals surface area contributed by atoms with Crippen molar-refractivity contribution in [1.82, 2.24) is 5.01 Å². The molecule has 11 heteroatoms. The first-order valence-electron chi connectivity index (χ1n) is 10.7. The van der Waals surface area contributed by atoms with Crippen molar-refractivity contribution >= 4 is 57.4 Å². The number of hydrogen-bond acceptors (Lipinski definition) is 7. The number of halogens is 2. The summed E-state index contributed by atoms with van der Waals surface area (Å²) >= 11 is 7.43. The molecule has 8 nitrogen and oxygen atoms in total. The molecule has 0 bridgehead atoms. The number of esters is 1. The number of hydrazone groups is 1. The number of fused-ring (bicyclic) bond motifs is 1. The third-order valence-electron chi connectivity index (χ3n) is 5.34. The molecule has 37 heavy (non-hydrogen) atoms. The maximum atomic E-state index is 13.1. The number of carbonyl (C=O) groups excluding carboxylic acids is 2. The standard InChI is InChI=1S/C26H16ClFN4O4S/c1-35-21-13-14(6-11-20(21)36-25(34)15-7-9-16(28)10-8-15)12-18-22(29)32-26(30-23(18)33)37-24(31-32)17-4-2-3-5-19(17)27/h2-13,29H,1H3/b18-12-,29-22?. The second kappa shape index (κ2) is 10.00. The van der Waals surface area contributed by atoms with Gasteiger partial charge in [0.15, 0.2) is 17.3 Å². The van der Waals surface area contributed by atoms with Gasteiger partial charge in [0, 0.05) is 5.56 Å². The molecule has 3 aromatic carbocycles. The molecule has 0 fully saturated rings. The second-order valence-corrected chi connectivity index (χ2v) is 9.07. The molecule has 5 rings (SSSR count). The molecule has 2 aliphatic heterocycles. The van der Waals surface area contributed by atoms with Crippen molar-refractivity contribution in [3.05, 3.63) is 99.8 Å². The van der Waals surface area contributed by atoms with Gasteiger partial charge in [-0.25, -0.2) is 9.18 Å². The second-order valence-electron chi connectivity index (χ2n) is 7.71. The first kappa shape index (κ1) is 24.4. The molecule has 0 spiro atoms. The lowest BCUT2D eigenvalue weighted by molar-refractivity contribution is -0.114. The highest BCUT2D eigenvalue weighted by Crippen LogP contribution is 2.34. The van der Waals surface area contributed by atoms with E-state index in [4.69, 9.17) is 26.5 Å². The van der Waals surface area contributed by atoms with Gasteiger partial charge < -0.3 is 9.47 Å². The van der Waals surface area contributed by atoms with Crippen LogP contribution in [0.5, 0.6) is 11.5 Å². The number of hydrogen-bond donors (Lipinski definition) is 1. The van der Waals surface area contributed by atoms with Crippen LogP contribution in [0.3, 0.4) is 0 Å². The van der Waals surface area contributed by atoms with E-state index in [9.17, 15) is 14.0 Å². The Bertz CT molecular complexity index is 1550. The molecule has 2 heterocycles. The van der Waals surface area contributed by atoms with E-state index in [2.05, 4.69) is 10.1 Å². The fourth-order valence-electron chi connectivity index (χ4n) is 3.51. The van der Waals surface area contributed by atoms with Gasteiger partial charge in [-0.3, -0.25) is 10.2 Å². The molecule has 0 unspecified atom stereocenters. The first-order chi connectivity index (χ1) is 17.8. The SMILES string of the molecule is COc1cc(/C=C2/C(=N)N3N=C(c4ccccc4Cl)SC3=NC2=O)ccc1OC(=O)c1ccc(F)cc1. The van der Waals surface area contributed by atoms with Gasteiger partial charge >= 0.3 is 5.97 Å². The molecule has 0 aliphatic carbocycles. The predicted octanol–water partition coefficient (Wildman–Crippen LogP) is 5.37. The van der Waals surface area contributed by atoms with Gasteiger partial charge in [0.25, 0.3) is 5.91 Å². The number of amides is 1. The van der Waals surface area contributed by atoms with Gasteiger partial charge in [-0.05, 0) is 65.9 Å². The van der Waals surface area contributed by atoms with Crippen molar-refractivity contribution in [2.75, 3.05) is 7.11 Å². The molecular weight excluding hydrogens is 519 g/mol. The van der Waals surface area contributed by atoms with Gasteiger partial charge in [0.1, 0.15) is 10.9 Å². The molecular formula is C26H16ClFN4O4S. The molecule has 0 saturated heterocycles. The lowest BCUT2D eigenvalue weighted by atomic mass is 10.1. The Morgan fingerprint density at radius 3 is 2.59 bits per heavy atom. The number of rotatable bonds is 5. The van der Waals surface area contributed by atoms with Gasteiger partial charge in [-0.2, -0.15) is 15.1 Å². The van der Waals surface area contributed by atoms with Crippen molar-refractivity contribution in [2.24, 2.45) is 10.1 Å². The lowest BCUT2D eigenvalue weighted by Gasteiger charge is -2.20. The number of methoxy groups -OCH3 is 1. The van der Waals surface area contributed by atoms with Crippen LogP contribution in [0.25, 0.3) is 6.08 Å². The number of aliphatic imine (C=N–C) groups is 1. The summed E-state index contributed by atoms with van der Waals surface area (Å²) in [5.74, 6) is -1.53. The average Bonchev–Trinajstić information content (AvgIpc) is 3.31. The van der Waals surface area contributed by atoms with Crippen LogP contribution in [0.4, 0.5) is 4.39 Å². The van der Waals surface area contributed by atoms with Crippen LogP contribution in [0, 0.1) is 11.2 Å². The van der Waals surface area contributed by atoms with E-state index in [1.807, 2.05) is 6.07 Å². The third-order valence-corrected chi connectivity index (χ3v) is 6.61. The average molecular weight is 535 g/mol. The number of benzene rings is 3. The number of ether oxygens (including phenoxy) is 2. The van der Waals surface area contributed by atoms with Crippen molar-refractivity contribution < 1.29 is 23.5 Å². The van der Waals surface area contributed by atoms with Crippen LogP contribution in [0.1, 0.15) is 21.5 Å². The van der Waals surface area contributed by atoms with E-state index in [-0.39, 0.29) is 33.6 Å². The van der Waals surface area contributed by atoms with E-state index in [0.717, 1.165) is 23.9 Å². The summed E-state index contributed by atoms with van der Waals surface area (Å²) in [5.41, 5.74) is 1.37. The number of nitrogens with one attached hydrogen (secondary N) is 1. The topological polar surface area (TPSA) is 104 Å². The quantitative estimate of drug-likeness (QED) is 0.268. The molecule has 0 saturated carbocycles. The van der Waals surface area contributed by atoms with Crippen LogP contribution in [-0.4, -0.2) is 40.0 Å². The largest absolute Gasteiger partial charge is 0.493 e. The monoisotopic (exact) mass is 534 g/mol. The van der Waals surface area contributed by atoms with Gasteiger partial charge in [0.05, 0.1) is 23.3 Å². The van der Waals surface area contributed by atoms with E-state index in [0.29, 0.717) is 21.2 Å². The minimum Gasteiger partial charge on any atom is -0.493 e. The van der Waals surface area contributed by atoms with E-state index < -0.39 is 17.7 Å². The van der Waals surface area contributed by atoms with Crippen LogP contribution >= 0.6 is 23.4 Å². The summed E-state index contributed by atoms with van der Waals surface area (Å²) in [5, 5.41) is 15.6. The molecule has 0 aromatic heterocycles. The van der Waals surface area contributed by atoms with Crippen molar-refractivity contribution in [1.29, 1.82) is 5.41 Å². The Morgan fingerprint density at radius 2 is 1.86 bits per heavy atom. The normalized spacial score (nSPS) is 15.9. The zero-order valence-corrected chi connectivity index (χ0v) is 20.6. The Labute approximate surface area is 219 Å². The number of thioether (sulfide) groups is 1. The highest BCUT2D eigenvalue weighted by Gasteiger charge is 2.36. The molecule has 2 aliphatic rings. The number of amidine groups is 2. The Morgan fingerprint density at radius 1 is 1.11 bits per heavy atom.